The quantitative estimate of drug-likeness (QED) is 0.416. The number of thioether (sulfide) groups is 1. The highest BCUT2D eigenvalue weighted by Gasteiger charge is 2.14. The van der Waals surface area contributed by atoms with Crippen LogP contribution in [0.15, 0.2) is 40.1 Å². The van der Waals surface area contributed by atoms with Crippen molar-refractivity contribution in [2.24, 2.45) is 0 Å². The third kappa shape index (κ3) is 2.91. The first-order valence-corrected chi connectivity index (χ1v) is 7.50. The van der Waals surface area contributed by atoms with Crippen molar-refractivity contribution in [2.45, 2.75) is 11.9 Å². The molecule has 0 spiro atoms. The maximum absolute atomic E-state index is 12.1. The molecule has 3 rings (SSSR count). The zero-order chi connectivity index (χ0) is 14.8. The van der Waals surface area contributed by atoms with Gasteiger partial charge in [-0.3, -0.25) is 4.79 Å². The fourth-order valence-electron chi connectivity index (χ4n) is 1.85. The van der Waals surface area contributed by atoms with E-state index in [1.165, 1.54) is 18.1 Å². The molecule has 0 N–H and O–H groups in total. The zero-order valence-corrected chi connectivity index (χ0v) is 12.6. The number of nitrogens with zero attached hydrogens (tertiary/aromatic N) is 3. The molecule has 0 amide bonds. The molecule has 0 aliphatic rings. The number of carbonyl (C=O) groups is 1. The molecule has 2 aromatic heterocycles. The van der Waals surface area contributed by atoms with Crippen molar-refractivity contribution in [3.8, 4) is 0 Å². The number of halogens is 1. The topological polar surface area (TPSA) is 68.9 Å². The van der Waals surface area contributed by atoms with Gasteiger partial charge < -0.3 is 4.52 Å². The standard InChI is InChI=1S/C14H10ClN3O2S/c1-8-12-13(20-18-8)16-7-17-14(12)21-6-11(19)9-2-4-10(15)5-3-9/h2-5,7H,6H2,1H3. The molecule has 1 aromatic carbocycles. The lowest BCUT2D eigenvalue weighted by Gasteiger charge is -2.02. The minimum atomic E-state index is 0.0116. The summed E-state index contributed by atoms with van der Waals surface area (Å²) in [5.74, 6) is 0.288. The van der Waals surface area contributed by atoms with Gasteiger partial charge in [0.15, 0.2) is 5.78 Å². The van der Waals surface area contributed by atoms with Gasteiger partial charge in [-0.05, 0) is 31.2 Å². The molecule has 7 heteroatoms. The van der Waals surface area contributed by atoms with E-state index in [0.29, 0.717) is 27.0 Å². The van der Waals surface area contributed by atoms with E-state index < -0.39 is 0 Å². The smallest absolute Gasteiger partial charge is 0.262 e. The van der Waals surface area contributed by atoms with E-state index in [9.17, 15) is 4.79 Å². The van der Waals surface area contributed by atoms with Gasteiger partial charge in [-0.15, -0.1) is 0 Å². The predicted molar refractivity (Wildman–Crippen MR) is 80.8 cm³/mol. The highest BCUT2D eigenvalue weighted by Crippen LogP contribution is 2.27. The largest absolute Gasteiger partial charge is 0.335 e. The van der Waals surface area contributed by atoms with Gasteiger partial charge in [0.25, 0.3) is 5.71 Å². The Labute approximate surface area is 129 Å². The Morgan fingerprint density at radius 2 is 2.05 bits per heavy atom. The number of benzene rings is 1. The first-order chi connectivity index (χ1) is 10.1. The van der Waals surface area contributed by atoms with Crippen LogP contribution in [-0.2, 0) is 0 Å². The number of fused-ring (bicyclic) bond motifs is 1. The number of aryl methyl sites for hydroxylation is 1. The van der Waals surface area contributed by atoms with Gasteiger partial charge in [0.05, 0.1) is 16.8 Å². The van der Waals surface area contributed by atoms with Crippen molar-refractivity contribution >= 4 is 40.2 Å². The highest BCUT2D eigenvalue weighted by atomic mass is 35.5. The summed E-state index contributed by atoms with van der Waals surface area (Å²) in [7, 11) is 0. The summed E-state index contributed by atoms with van der Waals surface area (Å²) >= 11 is 7.15. The monoisotopic (exact) mass is 319 g/mol. The summed E-state index contributed by atoms with van der Waals surface area (Å²) in [6.07, 6.45) is 1.40. The van der Waals surface area contributed by atoms with Crippen molar-refractivity contribution in [3.63, 3.8) is 0 Å². The normalized spacial score (nSPS) is 11.0. The molecule has 0 atom stereocenters. The molecular formula is C14H10ClN3O2S. The fourth-order valence-corrected chi connectivity index (χ4v) is 2.91. The van der Waals surface area contributed by atoms with Crippen LogP contribution in [0.4, 0.5) is 0 Å². The van der Waals surface area contributed by atoms with E-state index in [2.05, 4.69) is 15.1 Å². The molecule has 106 valence electrons. The van der Waals surface area contributed by atoms with Crippen LogP contribution in [0.1, 0.15) is 16.1 Å². The van der Waals surface area contributed by atoms with E-state index >= 15 is 0 Å². The zero-order valence-electron chi connectivity index (χ0n) is 11.0. The van der Waals surface area contributed by atoms with Crippen molar-refractivity contribution in [1.82, 2.24) is 15.1 Å². The second-order valence-electron chi connectivity index (χ2n) is 4.35. The molecular weight excluding hydrogens is 310 g/mol. The van der Waals surface area contributed by atoms with Crippen molar-refractivity contribution in [3.05, 3.63) is 46.9 Å². The molecule has 0 fully saturated rings. The number of hydrogen-bond acceptors (Lipinski definition) is 6. The first-order valence-electron chi connectivity index (χ1n) is 6.13. The van der Waals surface area contributed by atoms with Gasteiger partial charge in [0, 0.05) is 10.6 Å². The lowest BCUT2D eigenvalue weighted by atomic mass is 10.1. The second-order valence-corrected chi connectivity index (χ2v) is 5.75. The van der Waals surface area contributed by atoms with Gasteiger partial charge in [-0.25, -0.2) is 4.98 Å². The molecule has 2 heterocycles. The van der Waals surface area contributed by atoms with Gasteiger partial charge in [-0.1, -0.05) is 28.5 Å². The Bertz CT molecular complexity index is 802. The van der Waals surface area contributed by atoms with E-state index in [-0.39, 0.29) is 11.5 Å². The van der Waals surface area contributed by atoms with Gasteiger partial charge in [-0.2, -0.15) is 4.98 Å². The number of carbonyl (C=O) groups excluding carboxylic acids is 1. The second kappa shape index (κ2) is 5.83. The average molecular weight is 320 g/mol. The summed E-state index contributed by atoms with van der Waals surface area (Å²) in [5, 5.41) is 5.92. The molecule has 3 aromatic rings. The third-order valence-electron chi connectivity index (χ3n) is 2.91. The van der Waals surface area contributed by atoms with Gasteiger partial charge >= 0.3 is 0 Å². The van der Waals surface area contributed by atoms with E-state index in [1.807, 2.05) is 6.92 Å². The molecule has 5 nitrogen and oxygen atoms in total. The molecule has 0 aliphatic heterocycles. The lowest BCUT2D eigenvalue weighted by molar-refractivity contribution is 0.102. The van der Waals surface area contributed by atoms with Crippen LogP contribution in [0.3, 0.4) is 0 Å². The number of hydrogen-bond donors (Lipinski definition) is 0. The number of rotatable bonds is 4. The van der Waals surface area contributed by atoms with Crippen LogP contribution < -0.4 is 0 Å². The lowest BCUT2D eigenvalue weighted by Crippen LogP contribution is -2.02. The molecule has 0 radical (unpaired) electrons. The number of ketones is 1. The number of Topliss-reactive ketones (excluding diaryl/α,β-unsaturated/α-hetero) is 1. The van der Waals surface area contributed by atoms with Crippen LogP contribution in [0.25, 0.3) is 11.1 Å². The number of aromatic nitrogens is 3. The Kier molecular flexibility index (Phi) is 3.90. The molecule has 0 aliphatic carbocycles. The van der Waals surface area contributed by atoms with Crippen molar-refractivity contribution < 1.29 is 9.32 Å². The van der Waals surface area contributed by atoms with E-state index in [1.54, 1.807) is 24.3 Å². The van der Waals surface area contributed by atoms with Crippen molar-refractivity contribution in [1.29, 1.82) is 0 Å². The molecule has 0 saturated heterocycles. The SMILES string of the molecule is Cc1noc2ncnc(SCC(=O)c3ccc(Cl)cc3)c12. The van der Waals surface area contributed by atoms with Crippen LogP contribution >= 0.6 is 23.4 Å². The summed E-state index contributed by atoms with van der Waals surface area (Å²) in [6, 6.07) is 6.83. The molecule has 21 heavy (non-hydrogen) atoms. The summed E-state index contributed by atoms with van der Waals surface area (Å²) in [4.78, 5) is 20.3. The summed E-state index contributed by atoms with van der Waals surface area (Å²) < 4.78 is 5.08. The Morgan fingerprint density at radius 1 is 1.29 bits per heavy atom. The van der Waals surface area contributed by atoms with Crippen LogP contribution in [0.5, 0.6) is 0 Å². The minimum Gasteiger partial charge on any atom is -0.335 e. The molecule has 0 bridgehead atoms. The van der Waals surface area contributed by atoms with Crippen LogP contribution in [-0.4, -0.2) is 26.7 Å². The third-order valence-corrected chi connectivity index (χ3v) is 4.16. The molecule has 0 unspecified atom stereocenters. The van der Waals surface area contributed by atoms with Crippen LogP contribution in [0, 0.1) is 6.92 Å². The predicted octanol–water partition coefficient (Wildman–Crippen LogP) is 3.55. The van der Waals surface area contributed by atoms with Gasteiger partial charge in [0.2, 0.25) is 0 Å². The maximum Gasteiger partial charge on any atom is 0.262 e. The van der Waals surface area contributed by atoms with Crippen molar-refractivity contribution in [2.75, 3.05) is 5.75 Å². The minimum absolute atomic E-state index is 0.0116. The Balaban J connectivity index is 1.79. The van der Waals surface area contributed by atoms with Gasteiger partial charge in [0.1, 0.15) is 11.4 Å². The highest BCUT2D eigenvalue weighted by molar-refractivity contribution is 8.00. The maximum atomic E-state index is 12.1. The van der Waals surface area contributed by atoms with E-state index in [0.717, 1.165) is 5.39 Å². The first kappa shape index (κ1) is 14.0. The van der Waals surface area contributed by atoms with Crippen LogP contribution in [0.2, 0.25) is 5.02 Å². The summed E-state index contributed by atoms with van der Waals surface area (Å²) in [6.45, 7) is 1.82. The average Bonchev–Trinajstić information content (AvgIpc) is 2.88. The molecule has 0 saturated carbocycles. The Morgan fingerprint density at radius 3 is 2.81 bits per heavy atom. The van der Waals surface area contributed by atoms with E-state index in [4.69, 9.17) is 16.1 Å². The fraction of sp³-hybridized carbons (Fsp3) is 0.143. The summed E-state index contributed by atoms with van der Waals surface area (Å²) in [5.41, 5.74) is 1.77. The Hall–Kier alpha value is -1.92.